The summed E-state index contributed by atoms with van der Waals surface area (Å²) in [4.78, 5) is 27.4. The summed E-state index contributed by atoms with van der Waals surface area (Å²) < 4.78 is 5.41. The van der Waals surface area contributed by atoms with Crippen LogP contribution in [0.2, 0.25) is 0 Å². The first-order valence-electron chi connectivity index (χ1n) is 9.83. The van der Waals surface area contributed by atoms with Gasteiger partial charge in [0, 0.05) is 18.2 Å². The molecule has 1 saturated carbocycles. The number of H-pyrrole nitrogens is 1. The fourth-order valence-electron chi connectivity index (χ4n) is 4.02. The van der Waals surface area contributed by atoms with Crippen molar-refractivity contribution in [1.29, 1.82) is 0 Å². The largest absolute Gasteiger partial charge is 0.422 e. The van der Waals surface area contributed by atoms with Crippen LogP contribution in [0.5, 0.6) is 11.8 Å². The van der Waals surface area contributed by atoms with Crippen LogP contribution in [-0.2, 0) is 9.59 Å². The molecule has 2 fully saturated rings. The number of nitrogens with one attached hydrogen (secondary N) is 2. The van der Waals surface area contributed by atoms with Crippen LogP contribution >= 0.6 is 0 Å². The molecule has 2 N–H and O–H groups in total. The summed E-state index contributed by atoms with van der Waals surface area (Å²) in [6, 6.07) is 6.66. The standard InChI is InChI=1S/C19H24N6O3/c26-17(16-7-4-12-25(16)18(27)13-5-2-1-3-6-13)20-14-8-10-15(11-9-14)28-19-21-23-24-22-19/h8-11,13,16H,1-7,12H2,(H,20,26)(H,21,22,23,24)/t16-/m0/s1. The van der Waals surface area contributed by atoms with E-state index in [4.69, 9.17) is 4.74 Å². The molecule has 2 aromatic rings. The van der Waals surface area contributed by atoms with Gasteiger partial charge in [-0.15, -0.1) is 0 Å². The minimum Gasteiger partial charge on any atom is -0.422 e. The van der Waals surface area contributed by atoms with Gasteiger partial charge < -0.3 is 15.0 Å². The molecule has 4 rings (SSSR count). The number of ether oxygens (including phenoxy) is 1. The molecule has 28 heavy (non-hydrogen) atoms. The van der Waals surface area contributed by atoms with Crippen molar-refractivity contribution < 1.29 is 14.3 Å². The minimum absolute atomic E-state index is 0.0868. The molecule has 148 valence electrons. The zero-order chi connectivity index (χ0) is 19.3. The molecule has 1 aliphatic carbocycles. The third-order valence-electron chi connectivity index (χ3n) is 5.45. The van der Waals surface area contributed by atoms with Gasteiger partial charge in [-0.05, 0) is 55.2 Å². The van der Waals surface area contributed by atoms with E-state index in [1.807, 2.05) is 0 Å². The normalized spacial score (nSPS) is 20.1. The molecule has 1 saturated heterocycles. The highest BCUT2D eigenvalue weighted by atomic mass is 16.5. The molecular formula is C19H24N6O3. The van der Waals surface area contributed by atoms with Crippen LogP contribution in [0, 0.1) is 5.92 Å². The van der Waals surface area contributed by atoms with E-state index in [9.17, 15) is 9.59 Å². The van der Waals surface area contributed by atoms with Crippen LogP contribution in [0.1, 0.15) is 44.9 Å². The van der Waals surface area contributed by atoms with E-state index in [2.05, 4.69) is 25.9 Å². The molecule has 0 radical (unpaired) electrons. The van der Waals surface area contributed by atoms with Crippen molar-refractivity contribution in [3.63, 3.8) is 0 Å². The van der Waals surface area contributed by atoms with Crippen molar-refractivity contribution in [3.8, 4) is 11.8 Å². The summed E-state index contributed by atoms with van der Waals surface area (Å²) in [5.41, 5.74) is 0.655. The number of hydrogen-bond acceptors (Lipinski definition) is 6. The number of benzene rings is 1. The molecule has 9 nitrogen and oxygen atoms in total. The molecule has 0 bridgehead atoms. The van der Waals surface area contributed by atoms with Crippen LogP contribution in [-0.4, -0.2) is 49.9 Å². The van der Waals surface area contributed by atoms with Gasteiger partial charge >= 0.3 is 6.01 Å². The molecule has 1 aromatic carbocycles. The van der Waals surface area contributed by atoms with E-state index >= 15 is 0 Å². The molecular weight excluding hydrogens is 360 g/mol. The SMILES string of the molecule is O=C(Nc1ccc(Oc2nn[nH]n2)cc1)[C@@H]1CCCN1C(=O)C1CCCCC1. The summed E-state index contributed by atoms with van der Waals surface area (Å²) in [6.07, 6.45) is 6.91. The number of amides is 2. The summed E-state index contributed by atoms with van der Waals surface area (Å²) in [5.74, 6) is 0.646. The lowest BCUT2D eigenvalue weighted by atomic mass is 9.88. The van der Waals surface area contributed by atoms with E-state index in [1.54, 1.807) is 29.2 Å². The predicted molar refractivity (Wildman–Crippen MR) is 101 cm³/mol. The van der Waals surface area contributed by atoms with Crippen LogP contribution in [0.3, 0.4) is 0 Å². The van der Waals surface area contributed by atoms with Crippen LogP contribution in [0.15, 0.2) is 24.3 Å². The highest BCUT2D eigenvalue weighted by molar-refractivity contribution is 5.97. The number of aromatic amines is 1. The van der Waals surface area contributed by atoms with Gasteiger partial charge in [-0.2, -0.15) is 5.21 Å². The first kappa shape index (κ1) is 18.4. The second-order valence-corrected chi connectivity index (χ2v) is 7.33. The lowest BCUT2D eigenvalue weighted by molar-refractivity contribution is -0.141. The zero-order valence-corrected chi connectivity index (χ0v) is 15.6. The number of likely N-dealkylation sites (tertiary alicyclic amines) is 1. The number of tetrazole rings is 1. The number of nitrogens with zero attached hydrogens (tertiary/aromatic N) is 4. The van der Waals surface area contributed by atoms with E-state index in [0.29, 0.717) is 24.4 Å². The maximum atomic E-state index is 12.9. The fraction of sp³-hybridized carbons (Fsp3) is 0.526. The van der Waals surface area contributed by atoms with Gasteiger partial charge in [-0.3, -0.25) is 9.59 Å². The van der Waals surface area contributed by atoms with Crippen molar-refractivity contribution in [2.75, 3.05) is 11.9 Å². The van der Waals surface area contributed by atoms with Crippen LogP contribution in [0.25, 0.3) is 0 Å². The van der Waals surface area contributed by atoms with Crippen molar-refractivity contribution in [1.82, 2.24) is 25.5 Å². The van der Waals surface area contributed by atoms with E-state index < -0.39 is 0 Å². The van der Waals surface area contributed by atoms with Crippen molar-refractivity contribution in [2.45, 2.75) is 51.0 Å². The quantitative estimate of drug-likeness (QED) is 0.819. The molecule has 2 heterocycles. The Kier molecular flexibility index (Phi) is 5.50. The predicted octanol–water partition coefficient (Wildman–Crippen LogP) is 2.50. The van der Waals surface area contributed by atoms with Gasteiger partial charge in [0.25, 0.3) is 0 Å². The maximum absolute atomic E-state index is 12.9. The van der Waals surface area contributed by atoms with Gasteiger partial charge in [0.15, 0.2) is 0 Å². The number of rotatable bonds is 5. The van der Waals surface area contributed by atoms with Gasteiger partial charge in [0.1, 0.15) is 11.8 Å². The smallest absolute Gasteiger partial charge is 0.361 e. The third kappa shape index (κ3) is 4.13. The Hall–Kier alpha value is -2.97. The first-order valence-corrected chi connectivity index (χ1v) is 9.83. The second-order valence-electron chi connectivity index (χ2n) is 7.33. The van der Waals surface area contributed by atoms with Crippen LogP contribution < -0.4 is 10.1 Å². The lowest BCUT2D eigenvalue weighted by Gasteiger charge is -2.30. The lowest BCUT2D eigenvalue weighted by Crippen LogP contribution is -2.46. The molecule has 1 atom stereocenters. The molecule has 0 spiro atoms. The van der Waals surface area contributed by atoms with Crippen molar-refractivity contribution in [3.05, 3.63) is 24.3 Å². The van der Waals surface area contributed by atoms with Crippen LogP contribution in [0.4, 0.5) is 5.69 Å². The molecule has 0 unspecified atom stereocenters. The Morgan fingerprint density at radius 1 is 1.07 bits per heavy atom. The Labute approximate surface area is 162 Å². The Morgan fingerprint density at radius 2 is 1.86 bits per heavy atom. The maximum Gasteiger partial charge on any atom is 0.361 e. The van der Waals surface area contributed by atoms with Crippen molar-refractivity contribution in [2.24, 2.45) is 5.92 Å². The number of anilines is 1. The van der Waals surface area contributed by atoms with Gasteiger partial charge in [-0.1, -0.05) is 29.5 Å². The molecule has 9 heteroatoms. The summed E-state index contributed by atoms with van der Waals surface area (Å²) in [7, 11) is 0. The Morgan fingerprint density at radius 3 is 2.57 bits per heavy atom. The topological polar surface area (TPSA) is 113 Å². The van der Waals surface area contributed by atoms with Gasteiger partial charge in [0.2, 0.25) is 11.8 Å². The monoisotopic (exact) mass is 384 g/mol. The number of carbonyl (C=O) groups is 2. The van der Waals surface area contributed by atoms with Crippen molar-refractivity contribution >= 4 is 17.5 Å². The van der Waals surface area contributed by atoms with E-state index in [1.165, 1.54) is 6.42 Å². The van der Waals surface area contributed by atoms with Gasteiger partial charge in [-0.25, -0.2) is 0 Å². The Balaban J connectivity index is 1.36. The molecule has 2 aliphatic rings. The highest BCUT2D eigenvalue weighted by Crippen LogP contribution is 2.29. The highest BCUT2D eigenvalue weighted by Gasteiger charge is 2.37. The fourth-order valence-corrected chi connectivity index (χ4v) is 4.02. The van der Waals surface area contributed by atoms with Gasteiger partial charge in [0.05, 0.1) is 0 Å². The Bertz CT molecular complexity index is 802. The second kappa shape index (κ2) is 8.37. The average molecular weight is 384 g/mol. The molecule has 1 aromatic heterocycles. The summed E-state index contributed by atoms with van der Waals surface area (Å²) >= 11 is 0. The first-order chi connectivity index (χ1) is 13.7. The number of aromatic nitrogens is 4. The molecule has 1 aliphatic heterocycles. The van der Waals surface area contributed by atoms with E-state index in [0.717, 1.165) is 32.1 Å². The summed E-state index contributed by atoms with van der Waals surface area (Å²) in [5, 5.41) is 16.1. The zero-order valence-electron chi connectivity index (χ0n) is 15.6. The van der Waals surface area contributed by atoms with E-state index in [-0.39, 0.29) is 29.8 Å². The number of carbonyl (C=O) groups excluding carboxylic acids is 2. The summed E-state index contributed by atoms with van der Waals surface area (Å²) in [6.45, 7) is 0.672. The average Bonchev–Trinajstić information content (AvgIpc) is 3.41. The third-order valence-corrected chi connectivity index (χ3v) is 5.45. The number of hydrogen-bond donors (Lipinski definition) is 2. The minimum atomic E-state index is -0.385. The molecule has 2 amide bonds.